The zero-order valence-electron chi connectivity index (χ0n) is 11.2. The molecule has 0 aliphatic heterocycles. The first-order valence-electron chi connectivity index (χ1n) is 5.33. The fourth-order valence-corrected chi connectivity index (χ4v) is 1.38. The van der Waals surface area contributed by atoms with Crippen LogP contribution in [0.15, 0.2) is 34.8 Å². The van der Waals surface area contributed by atoms with Crippen molar-refractivity contribution >= 4 is 11.6 Å². The van der Waals surface area contributed by atoms with Crippen molar-refractivity contribution in [2.24, 2.45) is 0 Å². The molecule has 0 bridgehead atoms. The predicted octanol–water partition coefficient (Wildman–Crippen LogP) is 3.61. The first kappa shape index (κ1) is 16.1. The molecule has 17 heavy (non-hydrogen) atoms. The van der Waals surface area contributed by atoms with Gasteiger partial charge < -0.3 is 14.2 Å². The van der Waals surface area contributed by atoms with E-state index in [4.69, 9.17) is 25.8 Å². The summed E-state index contributed by atoms with van der Waals surface area (Å²) in [5.74, 6) is 1.15. The largest absolute Gasteiger partial charge is 0.500 e. The molecule has 0 rings (SSSR count). The van der Waals surface area contributed by atoms with E-state index in [1.807, 2.05) is 6.92 Å². The van der Waals surface area contributed by atoms with Gasteiger partial charge in [-0.2, -0.15) is 0 Å². The van der Waals surface area contributed by atoms with E-state index in [1.165, 1.54) is 0 Å². The summed E-state index contributed by atoms with van der Waals surface area (Å²) in [5, 5.41) is 0.446. The Morgan fingerprint density at radius 1 is 1.29 bits per heavy atom. The van der Waals surface area contributed by atoms with Crippen LogP contribution in [-0.2, 0) is 14.2 Å². The molecule has 4 heteroatoms. The summed E-state index contributed by atoms with van der Waals surface area (Å²) in [5.41, 5.74) is 0.887. The molecule has 1 atom stereocenters. The number of allylic oxidation sites excluding steroid dienone is 3. The van der Waals surface area contributed by atoms with Gasteiger partial charge in [-0.25, -0.2) is 0 Å². The number of ether oxygens (including phenoxy) is 3. The predicted molar refractivity (Wildman–Crippen MR) is 70.9 cm³/mol. The van der Waals surface area contributed by atoms with E-state index in [1.54, 1.807) is 34.3 Å². The van der Waals surface area contributed by atoms with Crippen LogP contribution in [0.4, 0.5) is 0 Å². The molecule has 0 amide bonds. The summed E-state index contributed by atoms with van der Waals surface area (Å²) >= 11 is 6.10. The van der Waals surface area contributed by atoms with Crippen LogP contribution in [0.2, 0.25) is 0 Å². The Balaban J connectivity index is 4.83. The summed E-state index contributed by atoms with van der Waals surface area (Å²) in [6.07, 6.45) is 2.63. The van der Waals surface area contributed by atoms with Gasteiger partial charge in [0.05, 0.1) is 20.3 Å². The van der Waals surface area contributed by atoms with E-state index in [2.05, 4.69) is 6.58 Å². The molecule has 0 saturated heterocycles. The van der Waals surface area contributed by atoms with Crippen LogP contribution in [-0.4, -0.2) is 27.4 Å². The van der Waals surface area contributed by atoms with Gasteiger partial charge in [0, 0.05) is 7.11 Å². The third-order valence-corrected chi connectivity index (χ3v) is 2.79. The van der Waals surface area contributed by atoms with Crippen LogP contribution in [0.5, 0.6) is 0 Å². The molecule has 0 saturated carbocycles. The van der Waals surface area contributed by atoms with E-state index in [-0.39, 0.29) is 6.10 Å². The standard InChI is InChI=1S/C13H21ClO3/c1-9(7-10(2)15-4)8-12(17-6)13(14)11(3)16-5/h8,10H,1,7H2,2-6H3/b12-8+,13-11-/t10-/m1/s1. The molecular weight excluding hydrogens is 240 g/mol. The highest BCUT2D eigenvalue weighted by Crippen LogP contribution is 2.22. The average Bonchev–Trinajstić information content (AvgIpc) is 2.33. The molecule has 98 valence electrons. The third-order valence-electron chi connectivity index (χ3n) is 2.34. The van der Waals surface area contributed by atoms with Gasteiger partial charge in [0.2, 0.25) is 0 Å². The minimum absolute atomic E-state index is 0.114. The molecule has 0 fully saturated rings. The monoisotopic (exact) mass is 260 g/mol. The number of rotatable bonds is 7. The molecule has 0 aromatic carbocycles. The van der Waals surface area contributed by atoms with E-state index in [9.17, 15) is 0 Å². The molecule has 0 aliphatic rings. The number of hydrogen-bond donors (Lipinski definition) is 0. The first-order chi connectivity index (χ1) is 7.96. The highest BCUT2D eigenvalue weighted by Gasteiger charge is 2.09. The SMILES string of the molecule is C=C(/C=C(OC)\C(Cl)=C(/C)OC)C[C@@H](C)OC. The van der Waals surface area contributed by atoms with Gasteiger partial charge in [-0.05, 0) is 31.9 Å². The van der Waals surface area contributed by atoms with Crippen molar-refractivity contribution in [1.82, 2.24) is 0 Å². The molecule has 3 nitrogen and oxygen atoms in total. The molecule has 0 heterocycles. The van der Waals surface area contributed by atoms with Crippen molar-refractivity contribution in [3.63, 3.8) is 0 Å². The van der Waals surface area contributed by atoms with Crippen LogP contribution in [0, 0.1) is 0 Å². The van der Waals surface area contributed by atoms with Crippen molar-refractivity contribution in [3.8, 4) is 0 Å². The molecule has 0 aromatic rings. The van der Waals surface area contributed by atoms with E-state index in [0.717, 1.165) is 12.0 Å². The van der Waals surface area contributed by atoms with Gasteiger partial charge in [-0.3, -0.25) is 0 Å². The van der Waals surface area contributed by atoms with Gasteiger partial charge in [0.25, 0.3) is 0 Å². The maximum absolute atomic E-state index is 6.10. The lowest BCUT2D eigenvalue weighted by molar-refractivity contribution is 0.119. The molecule has 0 aliphatic carbocycles. The van der Waals surface area contributed by atoms with Crippen molar-refractivity contribution in [1.29, 1.82) is 0 Å². The zero-order valence-corrected chi connectivity index (χ0v) is 11.9. The van der Waals surface area contributed by atoms with Gasteiger partial charge in [-0.1, -0.05) is 18.2 Å². The van der Waals surface area contributed by atoms with Crippen molar-refractivity contribution in [2.75, 3.05) is 21.3 Å². The Kier molecular flexibility index (Phi) is 7.75. The second kappa shape index (κ2) is 8.20. The second-order valence-electron chi connectivity index (χ2n) is 3.70. The smallest absolute Gasteiger partial charge is 0.141 e. The van der Waals surface area contributed by atoms with Gasteiger partial charge in [0.1, 0.15) is 16.6 Å². The molecule has 0 N–H and O–H groups in total. The summed E-state index contributed by atoms with van der Waals surface area (Å²) in [4.78, 5) is 0. The lowest BCUT2D eigenvalue weighted by Crippen LogP contribution is -2.05. The first-order valence-corrected chi connectivity index (χ1v) is 5.71. The maximum Gasteiger partial charge on any atom is 0.141 e. The summed E-state index contributed by atoms with van der Waals surface area (Å²) in [7, 11) is 4.79. The second-order valence-corrected chi connectivity index (χ2v) is 4.07. The van der Waals surface area contributed by atoms with E-state index in [0.29, 0.717) is 16.6 Å². The third kappa shape index (κ3) is 5.80. The van der Waals surface area contributed by atoms with Crippen LogP contribution < -0.4 is 0 Å². The summed E-state index contributed by atoms with van der Waals surface area (Å²) in [6.45, 7) is 7.69. The maximum atomic E-state index is 6.10. The van der Waals surface area contributed by atoms with Crippen LogP contribution in [0.3, 0.4) is 0 Å². The van der Waals surface area contributed by atoms with Gasteiger partial charge in [-0.15, -0.1) is 0 Å². The van der Waals surface area contributed by atoms with E-state index >= 15 is 0 Å². The Labute approximate surface area is 109 Å². The van der Waals surface area contributed by atoms with Crippen molar-refractivity contribution < 1.29 is 14.2 Å². The van der Waals surface area contributed by atoms with Crippen LogP contribution in [0.25, 0.3) is 0 Å². The zero-order chi connectivity index (χ0) is 13.4. The fraction of sp³-hybridized carbons (Fsp3) is 0.538. The van der Waals surface area contributed by atoms with Gasteiger partial charge >= 0.3 is 0 Å². The minimum Gasteiger partial charge on any atom is -0.500 e. The van der Waals surface area contributed by atoms with Crippen LogP contribution in [0.1, 0.15) is 20.3 Å². The van der Waals surface area contributed by atoms with Crippen LogP contribution >= 0.6 is 11.6 Å². The number of hydrogen-bond acceptors (Lipinski definition) is 3. The fourth-order valence-electron chi connectivity index (χ4n) is 1.17. The minimum atomic E-state index is 0.114. The Hall–Kier alpha value is -0.930. The highest BCUT2D eigenvalue weighted by molar-refractivity contribution is 6.32. The average molecular weight is 261 g/mol. The molecule has 0 radical (unpaired) electrons. The molecule has 0 aromatic heterocycles. The van der Waals surface area contributed by atoms with Crippen molar-refractivity contribution in [3.05, 3.63) is 34.8 Å². The lowest BCUT2D eigenvalue weighted by atomic mass is 10.1. The van der Waals surface area contributed by atoms with Gasteiger partial charge in [0.15, 0.2) is 0 Å². The van der Waals surface area contributed by atoms with Crippen molar-refractivity contribution in [2.45, 2.75) is 26.4 Å². The Morgan fingerprint density at radius 2 is 1.88 bits per heavy atom. The normalized spacial score (nSPS) is 15.1. The Morgan fingerprint density at radius 3 is 2.29 bits per heavy atom. The number of halogens is 1. The highest BCUT2D eigenvalue weighted by atomic mass is 35.5. The molecular formula is C13H21ClO3. The topological polar surface area (TPSA) is 27.7 Å². The quantitative estimate of drug-likeness (QED) is 0.517. The number of methoxy groups -OCH3 is 3. The molecule has 0 spiro atoms. The summed E-state index contributed by atoms with van der Waals surface area (Å²) in [6, 6.07) is 0. The lowest BCUT2D eigenvalue weighted by Gasteiger charge is -2.12. The Bertz CT molecular complexity index is 319. The molecule has 0 unspecified atom stereocenters. The summed E-state index contributed by atoms with van der Waals surface area (Å²) < 4.78 is 15.4. The van der Waals surface area contributed by atoms with E-state index < -0.39 is 0 Å².